The molecule has 0 bridgehead atoms. The molecule has 1 aromatic carbocycles. The van der Waals surface area contributed by atoms with E-state index in [2.05, 4.69) is 20.0 Å². The standard InChI is InChI=1S/C18H20F2N4O4S/c1-3-7-29(26,27)24-12-6-5-11(19)14(15(12)20)16(25)10-8-21-17-13(10)18(28-4-2)23-9-22-17/h5-6,9-10,24H,3-4,7-8H2,1-2H3,(H,21,22,23). The Bertz CT molecular complexity index is 1050. The monoisotopic (exact) mass is 426 g/mol. The first-order valence-electron chi connectivity index (χ1n) is 9.03. The SMILES string of the molecule is CCCS(=O)(=O)Nc1ccc(F)c(C(=O)C2CNc3ncnc(OCC)c32)c1F. The summed E-state index contributed by atoms with van der Waals surface area (Å²) in [5.41, 5.74) is -0.994. The van der Waals surface area contributed by atoms with Crippen molar-refractivity contribution in [3.63, 3.8) is 0 Å². The first-order chi connectivity index (χ1) is 13.8. The summed E-state index contributed by atoms with van der Waals surface area (Å²) in [6.45, 7) is 3.72. The lowest BCUT2D eigenvalue weighted by atomic mass is 9.92. The van der Waals surface area contributed by atoms with Crippen molar-refractivity contribution < 1.29 is 26.7 Å². The molecule has 1 aliphatic heterocycles. The van der Waals surface area contributed by atoms with E-state index in [1.54, 1.807) is 13.8 Å². The highest BCUT2D eigenvalue weighted by molar-refractivity contribution is 7.92. The number of fused-ring (bicyclic) bond motifs is 1. The summed E-state index contributed by atoms with van der Waals surface area (Å²) in [4.78, 5) is 21.1. The molecule has 1 unspecified atom stereocenters. The largest absolute Gasteiger partial charge is 0.478 e. The predicted octanol–water partition coefficient (Wildman–Crippen LogP) is 2.70. The summed E-state index contributed by atoms with van der Waals surface area (Å²) >= 11 is 0. The highest BCUT2D eigenvalue weighted by atomic mass is 32.2. The van der Waals surface area contributed by atoms with Crippen LogP contribution in [0.25, 0.3) is 0 Å². The number of carbonyl (C=O) groups is 1. The van der Waals surface area contributed by atoms with Gasteiger partial charge in [-0.3, -0.25) is 9.52 Å². The summed E-state index contributed by atoms with van der Waals surface area (Å²) in [7, 11) is -3.82. The van der Waals surface area contributed by atoms with Gasteiger partial charge in [-0.15, -0.1) is 0 Å². The van der Waals surface area contributed by atoms with Gasteiger partial charge in [-0.25, -0.2) is 27.2 Å². The molecule has 1 aliphatic rings. The van der Waals surface area contributed by atoms with Crippen LogP contribution in [0.4, 0.5) is 20.3 Å². The van der Waals surface area contributed by atoms with E-state index in [0.29, 0.717) is 17.8 Å². The average molecular weight is 426 g/mol. The summed E-state index contributed by atoms with van der Waals surface area (Å²) in [6, 6.07) is 1.80. The maximum absolute atomic E-state index is 15.0. The van der Waals surface area contributed by atoms with Crippen LogP contribution in [-0.4, -0.2) is 43.1 Å². The van der Waals surface area contributed by atoms with Crippen LogP contribution in [0.15, 0.2) is 18.5 Å². The second-order valence-corrected chi connectivity index (χ2v) is 8.22. The fourth-order valence-electron chi connectivity index (χ4n) is 3.13. The Balaban J connectivity index is 2.01. The van der Waals surface area contributed by atoms with Gasteiger partial charge < -0.3 is 10.1 Å². The van der Waals surface area contributed by atoms with Crippen LogP contribution >= 0.6 is 0 Å². The van der Waals surface area contributed by atoms with Crippen LogP contribution < -0.4 is 14.8 Å². The second-order valence-electron chi connectivity index (χ2n) is 6.38. The highest BCUT2D eigenvalue weighted by Crippen LogP contribution is 2.39. The third-order valence-corrected chi connectivity index (χ3v) is 5.82. The molecule has 0 spiro atoms. The number of rotatable bonds is 8. The number of aromatic nitrogens is 2. The number of ether oxygens (including phenoxy) is 1. The number of Topliss-reactive ketones (excluding diaryl/α,β-unsaturated/α-hetero) is 1. The van der Waals surface area contributed by atoms with Crippen molar-refractivity contribution in [2.75, 3.05) is 28.9 Å². The summed E-state index contributed by atoms with van der Waals surface area (Å²) in [5, 5.41) is 2.90. The van der Waals surface area contributed by atoms with Gasteiger partial charge in [0.25, 0.3) is 0 Å². The van der Waals surface area contributed by atoms with Gasteiger partial charge in [0.1, 0.15) is 18.0 Å². The molecule has 8 nitrogen and oxygen atoms in total. The van der Waals surface area contributed by atoms with Gasteiger partial charge in [-0.05, 0) is 25.5 Å². The van der Waals surface area contributed by atoms with Crippen LogP contribution in [0.3, 0.4) is 0 Å². The summed E-state index contributed by atoms with van der Waals surface area (Å²) < 4.78 is 60.8. The minimum Gasteiger partial charge on any atom is -0.478 e. The predicted molar refractivity (Wildman–Crippen MR) is 103 cm³/mol. The zero-order valence-electron chi connectivity index (χ0n) is 15.8. The van der Waals surface area contributed by atoms with Gasteiger partial charge in [-0.2, -0.15) is 0 Å². The lowest BCUT2D eigenvalue weighted by Crippen LogP contribution is -2.21. The number of anilines is 2. The molecule has 0 saturated heterocycles. The third-order valence-electron chi connectivity index (χ3n) is 4.34. The maximum Gasteiger partial charge on any atom is 0.232 e. The normalized spacial score (nSPS) is 15.5. The fourth-order valence-corrected chi connectivity index (χ4v) is 4.26. The van der Waals surface area contributed by atoms with Gasteiger partial charge in [0.05, 0.1) is 35.1 Å². The van der Waals surface area contributed by atoms with Crippen molar-refractivity contribution >= 4 is 27.3 Å². The van der Waals surface area contributed by atoms with Crippen LogP contribution in [0, 0.1) is 11.6 Å². The molecule has 0 amide bonds. The number of ketones is 1. The van der Waals surface area contributed by atoms with Gasteiger partial charge in [0.2, 0.25) is 15.9 Å². The Morgan fingerprint density at radius 1 is 1.31 bits per heavy atom. The molecule has 1 atom stereocenters. The van der Waals surface area contributed by atoms with Crippen molar-refractivity contribution in [3.05, 3.63) is 41.2 Å². The van der Waals surface area contributed by atoms with Gasteiger partial charge in [0, 0.05) is 6.54 Å². The first kappa shape index (κ1) is 20.9. The van der Waals surface area contributed by atoms with Crippen LogP contribution in [0.2, 0.25) is 0 Å². The van der Waals surface area contributed by atoms with Crippen molar-refractivity contribution in [3.8, 4) is 5.88 Å². The number of benzene rings is 1. The average Bonchev–Trinajstić information content (AvgIpc) is 3.09. The molecular formula is C18H20F2N4O4S. The lowest BCUT2D eigenvalue weighted by Gasteiger charge is -2.15. The number of nitrogens with zero attached hydrogens (tertiary/aromatic N) is 2. The van der Waals surface area contributed by atoms with Crippen LogP contribution in [0.5, 0.6) is 5.88 Å². The van der Waals surface area contributed by atoms with Gasteiger partial charge in [0.15, 0.2) is 11.6 Å². The van der Waals surface area contributed by atoms with Crippen molar-refractivity contribution in [2.24, 2.45) is 0 Å². The summed E-state index contributed by atoms with van der Waals surface area (Å²) in [5.74, 6) is -3.93. The molecule has 0 saturated carbocycles. The van der Waals surface area contributed by atoms with E-state index in [1.807, 2.05) is 0 Å². The Kier molecular flexibility index (Phi) is 5.96. The number of halogens is 2. The second kappa shape index (κ2) is 8.27. The summed E-state index contributed by atoms with van der Waals surface area (Å²) in [6.07, 6.45) is 1.57. The number of hydrogen-bond acceptors (Lipinski definition) is 7. The molecular weight excluding hydrogens is 406 g/mol. The molecule has 0 aliphatic carbocycles. The Morgan fingerprint density at radius 3 is 2.76 bits per heavy atom. The molecule has 29 heavy (non-hydrogen) atoms. The Hall–Kier alpha value is -2.82. The molecule has 0 radical (unpaired) electrons. The lowest BCUT2D eigenvalue weighted by molar-refractivity contribution is 0.0956. The van der Waals surface area contributed by atoms with Gasteiger partial charge in [-0.1, -0.05) is 6.92 Å². The van der Waals surface area contributed by atoms with E-state index in [0.717, 1.165) is 12.1 Å². The smallest absolute Gasteiger partial charge is 0.232 e. The first-order valence-corrected chi connectivity index (χ1v) is 10.7. The molecule has 2 aromatic rings. The Labute approximate surface area is 166 Å². The van der Waals surface area contributed by atoms with Gasteiger partial charge >= 0.3 is 0 Å². The zero-order chi connectivity index (χ0) is 21.2. The fraction of sp³-hybridized carbons (Fsp3) is 0.389. The molecule has 11 heteroatoms. The van der Waals surface area contributed by atoms with Crippen molar-refractivity contribution in [1.29, 1.82) is 0 Å². The molecule has 3 rings (SSSR count). The molecule has 156 valence electrons. The van der Waals surface area contributed by atoms with Crippen LogP contribution in [0.1, 0.15) is 42.1 Å². The molecule has 0 fully saturated rings. The molecule has 2 heterocycles. The number of carbonyl (C=O) groups excluding carboxylic acids is 1. The Morgan fingerprint density at radius 2 is 2.07 bits per heavy atom. The quantitative estimate of drug-likeness (QED) is 0.625. The third kappa shape index (κ3) is 4.14. The van der Waals surface area contributed by atoms with Crippen LogP contribution in [-0.2, 0) is 10.0 Å². The highest BCUT2D eigenvalue weighted by Gasteiger charge is 2.37. The van der Waals surface area contributed by atoms with Crippen molar-refractivity contribution in [1.82, 2.24) is 9.97 Å². The topological polar surface area (TPSA) is 110 Å². The minimum absolute atomic E-state index is 0.0532. The zero-order valence-corrected chi connectivity index (χ0v) is 16.6. The van der Waals surface area contributed by atoms with E-state index in [1.165, 1.54) is 6.33 Å². The van der Waals surface area contributed by atoms with E-state index in [4.69, 9.17) is 4.74 Å². The molecule has 2 N–H and O–H groups in total. The van der Waals surface area contributed by atoms with E-state index < -0.39 is 44.6 Å². The maximum atomic E-state index is 15.0. The minimum atomic E-state index is -3.82. The number of hydrogen-bond donors (Lipinski definition) is 2. The van der Waals surface area contributed by atoms with E-state index in [9.17, 15) is 22.0 Å². The van der Waals surface area contributed by atoms with Crippen molar-refractivity contribution in [2.45, 2.75) is 26.2 Å². The number of sulfonamides is 1. The molecule has 1 aromatic heterocycles. The number of nitrogens with one attached hydrogen (secondary N) is 2. The van der Waals surface area contributed by atoms with E-state index >= 15 is 0 Å². The van der Waals surface area contributed by atoms with E-state index in [-0.39, 0.29) is 24.8 Å².